The second-order valence-electron chi connectivity index (χ2n) is 1.13. The molecule has 0 aliphatic heterocycles. The van der Waals surface area contributed by atoms with Crippen molar-refractivity contribution in [1.29, 1.82) is 0 Å². The van der Waals surface area contributed by atoms with Crippen LogP contribution in [0.15, 0.2) is 0 Å². The van der Waals surface area contributed by atoms with Gasteiger partial charge in [0.05, 0.1) is 0 Å². The summed E-state index contributed by atoms with van der Waals surface area (Å²) in [5.74, 6) is -4.48. The predicted octanol–water partition coefficient (Wildman–Crippen LogP) is -0.909. The molecule has 0 fully saturated rings. The number of hydrogen-bond donors (Lipinski definition) is 3. The van der Waals surface area contributed by atoms with Crippen molar-refractivity contribution in [2.24, 2.45) is 0 Å². The van der Waals surface area contributed by atoms with Gasteiger partial charge < -0.3 is 18.2 Å². The van der Waals surface area contributed by atoms with Crippen LogP contribution >= 0.6 is 0 Å². The fraction of sp³-hybridized carbons (Fsp3) is 0.250. The van der Waals surface area contributed by atoms with Gasteiger partial charge in [-0.25, -0.2) is 9.59 Å². The van der Waals surface area contributed by atoms with E-state index >= 15 is 0 Å². The van der Waals surface area contributed by atoms with Gasteiger partial charge in [0.1, 0.15) is 0 Å². The first kappa shape index (κ1) is 17.0. The topological polar surface area (TPSA) is 112 Å². The van der Waals surface area contributed by atoms with Gasteiger partial charge in [0.25, 0.3) is 5.97 Å². The monoisotopic (exact) mass is 192 g/mol. The molecule has 0 bridgehead atoms. The van der Waals surface area contributed by atoms with Gasteiger partial charge in [-0.15, -0.1) is 0 Å². The van der Waals surface area contributed by atoms with E-state index in [-0.39, 0.29) is 40.6 Å². The average molecular weight is 192 g/mol. The number of carboxylic acid groups (broad SMARTS) is 3. The molecule has 0 rings (SSSR count). The Morgan fingerprint density at radius 3 is 1.09 bits per heavy atom. The van der Waals surface area contributed by atoms with Gasteiger partial charge in [0, 0.05) is 6.92 Å². The molecule has 6 nitrogen and oxygen atoms in total. The number of rotatable bonds is 0. The van der Waals surface area contributed by atoms with E-state index in [1.54, 1.807) is 0 Å². The maximum absolute atomic E-state index is 9.10. The summed E-state index contributed by atoms with van der Waals surface area (Å²) in [6, 6.07) is 0. The number of aliphatic carboxylic acids is 3. The minimum atomic E-state index is -1.82. The summed E-state index contributed by atoms with van der Waals surface area (Å²) in [4.78, 5) is 27.2. The van der Waals surface area contributed by atoms with Crippen molar-refractivity contribution in [2.75, 3.05) is 0 Å². The minimum absolute atomic E-state index is 0. The van der Waals surface area contributed by atoms with Gasteiger partial charge in [0.2, 0.25) is 0 Å². The zero-order valence-electron chi connectivity index (χ0n) is 7.77. The molecule has 0 aromatic rings. The van der Waals surface area contributed by atoms with Crippen LogP contribution in [0.5, 0.6) is 0 Å². The molecule has 0 atom stereocenters. The van der Waals surface area contributed by atoms with Crippen LogP contribution in [0.2, 0.25) is 0 Å². The summed E-state index contributed by atoms with van der Waals surface area (Å²) >= 11 is 0. The molecule has 0 radical (unpaired) electrons. The summed E-state index contributed by atoms with van der Waals surface area (Å²) in [5, 5.41) is 22.2. The van der Waals surface area contributed by atoms with E-state index in [0.717, 1.165) is 6.92 Å². The largest absolute Gasteiger partial charge is 2.00 e. The van der Waals surface area contributed by atoms with Crippen molar-refractivity contribution in [3.8, 4) is 0 Å². The summed E-state index contributed by atoms with van der Waals surface area (Å²) in [6.07, 6.45) is 0. The minimum Gasteiger partial charge on any atom is -1.00 e. The van der Waals surface area contributed by atoms with Crippen LogP contribution in [-0.2, 0) is 14.4 Å². The maximum atomic E-state index is 9.10. The molecular formula is C4H8CaO6. The predicted molar refractivity (Wildman–Crippen MR) is 36.6 cm³/mol. The van der Waals surface area contributed by atoms with Crippen molar-refractivity contribution in [2.45, 2.75) is 6.92 Å². The van der Waals surface area contributed by atoms with Crippen molar-refractivity contribution >= 4 is 55.6 Å². The molecule has 0 aliphatic carbocycles. The van der Waals surface area contributed by atoms with Crippen LogP contribution in [0.3, 0.4) is 0 Å². The normalized spacial score (nSPS) is 6.27. The van der Waals surface area contributed by atoms with Gasteiger partial charge in [0.15, 0.2) is 0 Å². The van der Waals surface area contributed by atoms with E-state index in [4.69, 9.17) is 29.7 Å². The second kappa shape index (κ2) is 9.67. The summed E-state index contributed by atoms with van der Waals surface area (Å²) < 4.78 is 0. The molecule has 11 heavy (non-hydrogen) atoms. The van der Waals surface area contributed by atoms with Crippen LogP contribution in [0, 0.1) is 0 Å². The fourth-order valence-electron chi connectivity index (χ4n) is 0. The molecule has 0 aromatic carbocycles. The Balaban J connectivity index is -0.0000000279. The van der Waals surface area contributed by atoms with Gasteiger partial charge >= 0.3 is 49.7 Å². The quantitative estimate of drug-likeness (QED) is 0.338. The SMILES string of the molecule is CC(=O)O.O=C(O)C(=O)O.[Ca+2].[H-].[H-]. The van der Waals surface area contributed by atoms with Gasteiger partial charge in [-0.3, -0.25) is 4.79 Å². The first-order valence-electron chi connectivity index (χ1n) is 2.03. The van der Waals surface area contributed by atoms with E-state index in [2.05, 4.69) is 0 Å². The van der Waals surface area contributed by atoms with Crippen molar-refractivity contribution in [3.05, 3.63) is 0 Å². The van der Waals surface area contributed by atoms with E-state index in [9.17, 15) is 0 Å². The third-order valence-electron chi connectivity index (χ3n) is 0.183. The Kier molecular flexibility index (Phi) is 14.9. The van der Waals surface area contributed by atoms with E-state index in [1.807, 2.05) is 0 Å². The standard InChI is InChI=1S/C2H2O4.C2H4O2.Ca.2H/c3-1(4)2(5)6;1-2(3)4;;;/h(H,3,4)(H,5,6);1H3,(H,3,4);;;/q;;+2;2*-1. The van der Waals surface area contributed by atoms with Crippen LogP contribution in [0.25, 0.3) is 0 Å². The Morgan fingerprint density at radius 1 is 1.00 bits per heavy atom. The number of carbonyl (C=O) groups is 3. The smallest absolute Gasteiger partial charge is 1.00 e. The van der Waals surface area contributed by atoms with Gasteiger partial charge in [-0.2, -0.15) is 0 Å². The van der Waals surface area contributed by atoms with E-state index in [0.29, 0.717) is 0 Å². The summed E-state index contributed by atoms with van der Waals surface area (Å²) in [6.45, 7) is 1.08. The molecule has 0 amide bonds. The fourth-order valence-corrected chi connectivity index (χ4v) is 0. The van der Waals surface area contributed by atoms with Crippen LogP contribution < -0.4 is 0 Å². The molecular weight excluding hydrogens is 184 g/mol. The third-order valence-corrected chi connectivity index (χ3v) is 0.183. The van der Waals surface area contributed by atoms with Gasteiger partial charge in [-0.1, -0.05) is 0 Å². The van der Waals surface area contributed by atoms with Crippen LogP contribution in [-0.4, -0.2) is 71.0 Å². The Morgan fingerprint density at radius 2 is 1.09 bits per heavy atom. The number of hydrogen-bond acceptors (Lipinski definition) is 3. The molecule has 0 aromatic heterocycles. The molecule has 0 saturated heterocycles. The third kappa shape index (κ3) is 42.2. The first-order valence-corrected chi connectivity index (χ1v) is 2.03. The van der Waals surface area contributed by atoms with Crippen molar-refractivity contribution < 1.29 is 32.6 Å². The molecule has 0 spiro atoms. The van der Waals surface area contributed by atoms with E-state index < -0.39 is 17.9 Å². The summed E-state index contributed by atoms with van der Waals surface area (Å²) in [5.41, 5.74) is 0. The molecule has 0 heterocycles. The van der Waals surface area contributed by atoms with Crippen molar-refractivity contribution in [1.82, 2.24) is 0 Å². The maximum Gasteiger partial charge on any atom is 2.00 e. The molecule has 0 aliphatic rings. The summed E-state index contributed by atoms with van der Waals surface area (Å²) in [7, 11) is 0. The number of carboxylic acids is 3. The molecule has 62 valence electrons. The average Bonchev–Trinajstić information content (AvgIpc) is 1.63. The van der Waals surface area contributed by atoms with E-state index in [1.165, 1.54) is 0 Å². The Bertz CT molecular complexity index is 145. The Hall–Kier alpha value is -0.330. The molecule has 7 heteroatoms. The first-order chi connectivity index (χ1) is 4.37. The zero-order chi connectivity index (χ0) is 8.73. The Labute approximate surface area is 94.8 Å². The van der Waals surface area contributed by atoms with Crippen molar-refractivity contribution in [3.63, 3.8) is 0 Å². The van der Waals surface area contributed by atoms with Crippen LogP contribution in [0.4, 0.5) is 0 Å². The molecule has 3 N–H and O–H groups in total. The second-order valence-corrected chi connectivity index (χ2v) is 1.13. The molecule has 0 saturated carbocycles. The van der Waals surface area contributed by atoms with Gasteiger partial charge in [-0.05, 0) is 0 Å². The zero-order valence-corrected chi connectivity index (χ0v) is 7.98. The molecule has 0 unspecified atom stereocenters. The van der Waals surface area contributed by atoms with Crippen LogP contribution in [0.1, 0.15) is 9.78 Å².